The molecule has 1 saturated heterocycles. The second-order valence-electron chi connectivity index (χ2n) is 4.76. The van der Waals surface area contributed by atoms with Crippen molar-refractivity contribution in [2.24, 2.45) is 0 Å². The molecule has 0 unspecified atom stereocenters. The predicted octanol–water partition coefficient (Wildman–Crippen LogP) is 0.631. The van der Waals surface area contributed by atoms with Crippen LogP contribution >= 0.6 is 11.3 Å². The summed E-state index contributed by atoms with van der Waals surface area (Å²) in [5.74, 6) is 0. The Morgan fingerprint density at radius 3 is 3.17 bits per heavy atom. The zero-order valence-electron chi connectivity index (χ0n) is 10.2. The Labute approximate surface area is 108 Å². The molecule has 0 aliphatic carbocycles. The Kier molecular flexibility index (Phi) is 2.93. The SMILES string of the molecule is Cc1csc2nc(CN3CC[C@H](O)C3)cc(=O)n12. The fourth-order valence-electron chi connectivity index (χ4n) is 2.37. The maximum atomic E-state index is 12.0. The molecule has 3 rings (SSSR count). The van der Waals surface area contributed by atoms with Gasteiger partial charge in [-0.25, -0.2) is 4.98 Å². The van der Waals surface area contributed by atoms with E-state index in [2.05, 4.69) is 9.88 Å². The molecular weight excluding hydrogens is 250 g/mol. The van der Waals surface area contributed by atoms with E-state index >= 15 is 0 Å². The molecule has 18 heavy (non-hydrogen) atoms. The number of β-amino-alcohol motifs (C(OH)–C–C–N with tert-alkyl or cyclic N) is 1. The van der Waals surface area contributed by atoms with Crippen LogP contribution in [0.25, 0.3) is 4.96 Å². The van der Waals surface area contributed by atoms with Crippen LogP contribution in [-0.2, 0) is 6.54 Å². The van der Waals surface area contributed by atoms with Crippen molar-refractivity contribution in [2.75, 3.05) is 13.1 Å². The number of hydrogen-bond donors (Lipinski definition) is 1. The van der Waals surface area contributed by atoms with Gasteiger partial charge in [0.2, 0.25) is 0 Å². The van der Waals surface area contributed by atoms with Crippen molar-refractivity contribution in [3.63, 3.8) is 0 Å². The highest BCUT2D eigenvalue weighted by atomic mass is 32.1. The standard InChI is InChI=1S/C12H15N3O2S/c1-8-7-18-12-13-9(4-11(17)15(8)12)5-14-3-2-10(16)6-14/h4,7,10,16H,2-3,5-6H2,1H3/t10-/m0/s1. The molecule has 1 N–H and O–H groups in total. The van der Waals surface area contributed by atoms with E-state index in [0.717, 1.165) is 29.3 Å². The third-order valence-electron chi connectivity index (χ3n) is 3.26. The molecule has 1 atom stereocenters. The van der Waals surface area contributed by atoms with Crippen molar-refractivity contribution in [3.05, 3.63) is 33.2 Å². The van der Waals surface area contributed by atoms with Gasteiger partial charge in [-0.1, -0.05) is 0 Å². The predicted molar refractivity (Wildman–Crippen MR) is 70.0 cm³/mol. The lowest BCUT2D eigenvalue weighted by atomic mass is 10.3. The molecule has 2 aromatic heterocycles. The first-order chi connectivity index (χ1) is 8.63. The van der Waals surface area contributed by atoms with Crippen LogP contribution in [0, 0.1) is 6.92 Å². The Morgan fingerprint density at radius 1 is 1.61 bits per heavy atom. The zero-order valence-corrected chi connectivity index (χ0v) is 11.0. The average molecular weight is 265 g/mol. The molecule has 6 heteroatoms. The number of likely N-dealkylation sites (tertiary alicyclic amines) is 1. The van der Waals surface area contributed by atoms with Crippen LogP contribution in [0.4, 0.5) is 0 Å². The highest BCUT2D eigenvalue weighted by molar-refractivity contribution is 7.15. The molecule has 0 saturated carbocycles. The van der Waals surface area contributed by atoms with Gasteiger partial charge in [-0.15, -0.1) is 11.3 Å². The number of aromatic nitrogens is 2. The monoisotopic (exact) mass is 265 g/mol. The fraction of sp³-hybridized carbons (Fsp3) is 0.500. The van der Waals surface area contributed by atoms with Crippen LogP contribution in [0.15, 0.2) is 16.2 Å². The van der Waals surface area contributed by atoms with Crippen molar-refractivity contribution >= 4 is 16.3 Å². The number of rotatable bonds is 2. The van der Waals surface area contributed by atoms with Gasteiger partial charge in [0.15, 0.2) is 4.96 Å². The van der Waals surface area contributed by atoms with E-state index in [9.17, 15) is 9.90 Å². The highest BCUT2D eigenvalue weighted by Crippen LogP contribution is 2.14. The number of hydrogen-bond acceptors (Lipinski definition) is 5. The largest absolute Gasteiger partial charge is 0.392 e. The minimum atomic E-state index is -0.237. The van der Waals surface area contributed by atoms with Crippen molar-refractivity contribution in [1.82, 2.24) is 14.3 Å². The summed E-state index contributed by atoms with van der Waals surface area (Å²) in [7, 11) is 0. The molecule has 2 aromatic rings. The normalized spacial score (nSPS) is 20.9. The van der Waals surface area contributed by atoms with Crippen LogP contribution in [-0.4, -0.2) is 38.6 Å². The van der Waals surface area contributed by atoms with Gasteiger partial charge in [0, 0.05) is 36.8 Å². The van der Waals surface area contributed by atoms with E-state index in [0.29, 0.717) is 13.1 Å². The lowest BCUT2D eigenvalue weighted by Crippen LogP contribution is -2.24. The Bertz CT molecular complexity index is 634. The van der Waals surface area contributed by atoms with E-state index in [1.54, 1.807) is 10.5 Å². The third-order valence-corrected chi connectivity index (χ3v) is 4.21. The maximum absolute atomic E-state index is 12.0. The minimum Gasteiger partial charge on any atom is -0.392 e. The Morgan fingerprint density at radius 2 is 2.44 bits per heavy atom. The summed E-state index contributed by atoms with van der Waals surface area (Å²) >= 11 is 1.48. The van der Waals surface area contributed by atoms with E-state index in [-0.39, 0.29) is 11.7 Å². The molecule has 0 amide bonds. The molecule has 0 radical (unpaired) electrons. The van der Waals surface area contributed by atoms with Crippen molar-refractivity contribution in [2.45, 2.75) is 26.0 Å². The van der Waals surface area contributed by atoms with Gasteiger partial charge in [0.05, 0.1) is 11.8 Å². The van der Waals surface area contributed by atoms with Gasteiger partial charge in [-0.2, -0.15) is 0 Å². The fourth-order valence-corrected chi connectivity index (χ4v) is 3.26. The molecule has 5 nitrogen and oxygen atoms in total. The molecule has 1 aliphatic rings. The summed E-state index contributed by atoms with van der Waals surface area (Å²) in [5.41, 5.74) is 1.69. The quantitative estimate of drug-likeness (QED) is 0.865. The number of fused-ring (bicyclic) bond motifs is 1. The number of thiazole rings is 1. The summed E-state index contributed by atoms with van der Waals surface area (Å²) in [4.78, 5) is 19.4. The molecule has 96 valence electrons. The van der Waals surface area contributed by atoms with Gasteiger partial charge in [-0.05, 0) is 13.3 Å². The van der Waals surface area contributed by atoms with E-state index in [1.165, 1.54) is 11.3 Å². The minimum absolute atomic E-state index is 0.0199. The maximum Gasteiger partial charge on any atom is 0.259 e. The molecule has 0 bridgehead atoms. The first-order valence-corrected chi connectivity index (χ1v) is 6.88. The summed E-state index contributed by atoms with van der Waals surface area (Å²) in [6.45, 7) is 4.08. The lowest BCUT2D eigenvalue weighted by molar-refractivity contribution is 0.174. The van der Waals surface area contributed by atoms with E-state index in [4.69, 9.17) is 0 Å². The summed E-state index contributed by atoms with van der Waals surface area (Å²) in [6, 6.07) is 1.59. The van der Waals surface area contributed by atoms with Gasteiger partial charge in [0.1, 0.15) is 0 Å². The summed E-state index contributed by atoms with van der Waals surface area (Å²) in [5, 5.41) is 11.4. The van der Waals surface area contributed by atoms with Crippen LogP contribution in [0.2, 0.25) is 0 Å². The number of aryl methyl sites for hydroxylation is 1. The van der Waals surface area contributed by atoms with Crippen LogP contribution in [0.3, 0.4) is 0 Å². The highest BCUT2D eigenvalue weighted by Gasteiger charge is 2.20. The van der Waals surface area contributed by atoms with Gasteiger partial charge in [0.25, 0.3) is 5.56 Å². The Hall–Kier alpha value is -1.24. The molecule has 1 aliphatic heterocycles. The van der Waals surface area contributed by atoms with Crippen molar-refractivity contribution < 1.29 is 5.11 Å². The molecular formula is C12H15N3O2S. The van der Waals surface area contributed by atoms with Crippen molar-refractivity contribution in [3.8, 4) is 0 Å². The van der Waals surface area contributed by atoms with Gasteiger partial charge < -0.3 is 5.11 Å². The second kappa shape index (κ2) is 4.46. The molecule has 1 fully saturated rings. The molecule has 3 heterocycles. The first-order valence-electron chi connectivity index (χ1n) is 6.00. The smallest absolute Gasteiger partial charge is 0.259 e. The first kappa shape index (κ1) is 11.8. The number of aliphatic hydroxyl groups is 1. The van der Waals surface area contributed by atoms with Crippen LogP contribution in [0.1, 0.15) is 17.8 Å². The van der Waals surface area contributed by atoms with E-state index in [1.807, 2.05) is 12.3 Å². The van der Waals surface area contributed by atoms with Gasteiger partial charge in [-0.3, -0.25) is 14.1 Å². The molecule has 0 aromatic carbocycles. The van der Waals surface area contributed by atoms with Crippen LogP contribution < -0.4 is 5.56 Å². The average Bonchev–Trinajstić information content (AvgIpc) is 2.86. The number of nitrogens with zero attached hydrogens (tertiary/aromatic N) is 3. The topological polar surface area (TPSA) is 57.8 Å². The second-order valence-corrected chi connectivity index (χ2v) is 5.59. The summed E-state index contributed by atoms with van der Waals surface area (Å²) in [6.07, 6.45) is 0.568. The zero-order chi connectivity index (χ0) is 12.7. The van der Waals surface area contributed by atoms with E-state index < -0.39 is 0 Å². The summed E-state index contributed by atoms with van der Waals surface area (Å²) < 4.78 is 1.63. The van der Waals surface area contributed by atoms with Crippen LogP contribution in [0.5, 0.6) is 0 Å². The lowest BCUT2D eigenvalue weighted by Gasteiger charge is -2.13. The van der Waals surface area contributed by atoms with Crippen molar-refractivity contribution in [1.29, 1.82) is 0 Å². The Balaban J connectivity index is 1.91. The molecule has 0 spiro atoms. The number of aliphatic hydroxyl groups excluding tert-OH is 1. The third kappa shape index (κ3) is 2.07. The van der Waals surface area contributed by atoms with Gasteiger partial charge >= 0.3 is 0 Å².